The summed E-state index contributed by atoms with van der Waals surface area (Å²) in [5.41, 5.74) is 9.21. The molecule has 94 valence electrons. The van der Waals surface area contributed by atoms with Gasteiger partial charge in [-0.1, -0.05) is 30.3 Å². The summed E-state index contributed by atoms with van der Waals surface area (Å²) in [6.45, 7) is 2.59. The average Bonchev–Trinajstić information content (AvgIpc) is 2.39. The highest BCUT2D eigenvalue weighted by Gasteiger charge is 2.07. The van der Waals surface area contributed by atoms with Gasteiger partial charge in [-0.05, 0) is 31.0 Å². The van der Waals surface area contributed by atoms with E-state index in [-0.39, 0.29) is 6.04 Å². The van der Waals surface area contributed by atoms with Crippen LogP contribution in [0.3, 0.4) is 0 Å². The molecule has 3 nitrogen and oxygen atoms in total. The highest BCUT2D eigenvalue weighted by molar-refractivity contribution is 5.44. The van der Waals surface area contributed by atoms with E-state index in [1.165, 1.54) is 5.56 Å². The number of hydrogen-bond acceptors (Lipinski definition) is 3. The standard InChI is InChI=1S/C15H19N3/c1-12-9-14(7-8-17-12)18-15(11-16)10-13-5-3-2-4-6-13/h2-9,15H,10-11,16H2,1H3,(H,17,18). The summed E-state index contributed by atoms with van der Waals surface area (Å²) in [4.78, 5) is 4.19. The van der Waals surface area contributed by atoms with Gasteiger partial charge in [0, 0.05) is 30.2 Å². The van der Waals surface area contributed by atoms with Crippen molar-refractivity contribution in [2.75, 3.05) is 11.9 Å². The van der Waals surface area contributed by atoms with E-state index in [2.05, 4.69) is 34.6 Å². The lowest BCUT2D eigenvalue weighted by atomic mass is 10.1. The molecular formula is C15H19N3. The fourth-order valence-corrected chi connectivity index (χ4v) is 1.96. The Hall–Kier alpha value is -1.87. The Balaban J connectivity index is 2.01. The van der Waals surface area contributed by atoms with Crippen molar-refractivity contribution in [1.82, 2.24) is 4.98 Å². The lowest BCUT2D eigenvalue weighted by Gasteiger charge is -2.18. The molecule has 0 aliphatic heterocycles. The molecule has 0 saturated heterocycles. The molecule has 1 atom stereocenters. The first-order valence-corrected chi connectivity index (χ1v) is 6.21. The molecule has 1 unspecified atom stereocenters. The van der Waals surface area contributed by atoms with E-state index in [4.69, 9.17) is 5.73 Å². The Labute approximate surface area is 108 Å². The number of aryl methyl sites for hydroxylation is 1. The smallest absolute Gasteiger partial charge is 0.0424 e. The number of benzene rings is 1. The third-order valence-electron chi connectivity index (χ3n) is 2.88. The van der Waals surface area contributed by atoms with Crippen molar-refractivity contribution < 1.29 is 0 Å². The van der Waals surface area contributed by atoms with E-state index in [1.807, 2.05) is 31.3 Å². The van der Waals surface area contributed by atoms with Gasteiger partial charge in [-0.2, -0.15) is 0 Å². The summed E-state index contributed by atoms with van der Waals surface area (Å²) in [6, 6.07) is 14.6. The third kappa shape index (κ3) is 3.57. The fourth-order valence-electron chi connectivity index (χ4n) is 1.96. The molecule has 0 aliphatic rings. The maximum absolute atomic E-state index is 5.83. The highest BCUT2D eigenvalue weighted by Crippen LogP contribution is 2.11. The second-order valence-electron chi connectivity index (χ2n) is 4.45. The summed E-state index contributed by atoms with van der Waals surface area (Å²) in [7, 11) is 0. The van der Waals surface area contributed by atoms with Gasteiger partial charge in [0.15, 0.2) is 0 Å². The van der Waals surface area contributed by atoms with Crippen LogP contribution in [0.25, 0.3) is 0 Å². The van der Waals surface area contributed by atoms with E-state index in [1.54, 1.807) is 0 Å². The molecule has 2 aromatic rings. The van der Waals surface area contributed by atoms with Crippen molar-refractivity contribution in [3.05, 3.63) is 59.9 Å². The summed E-state index contributed by atoms with van der Waals surface area (Å²) in [5, 5.41) is 3.45. The van der Waals surface area contributed by atoms with Crippen molar-refractivity contribution in [2.24, 2.45) is 5.73 Å². The molecule has 0 bridgehead atoms. The van der Waals surface area contributed by atoms with Crippen molar-refractivity contribution in [3.8, 4) is 0 Å². The predicted molar refractivity (Wildman–Crippen MR) is 75.6 cm³/mol. The zero-order chi connectivity index (χ0) is 12.8. The fraction of sp³-hybridized carbons (Fsp3) is 0.267. The molecule has 0 amide bonds. The molecule has 0 radical (unpaired) electrons. The lowest BCUT2D eigenvalue weighted by molar-refractivity contribution is 0.723. The summed E-state index contributed by atoms with van der Waals surface area (Å²) in [6.07, 6.45) is 2.74. The lowest BCUT2D eigenvalue weighted by Crippen LogP contribution is -2.31. The maximum atomic E-state index is 5.83. The Bertz CT molecular complexity index is 482. The monoisotopic (exact) mass is 241 g/mol. The second-order valence-corrected chi connectivity index (χ2v) is 4.45. The van der Waals surface area contributed by atoms with Crippen LogP contribution in [0.4, 0.5) is 5.69 Å². The van der Waals surface area contributed by atoms with Crippen LogP contribution in [-0.2, 0) is 6.42 Å². The maximum Gasteiger partial charge on any atom is 0.0424 e. The number of nitrogens with one attached hydrogen (secondary N) is 1. The van der Waals surface area contributed by atoms with Gasteiger partial charge in [-0.25, -0.2) is 0 Å². The minimum Gasteiger partial charge on any atom is -0.381 e. The predicted octanol–water partition coefficient (Wildman–Crippen LogP) is 2.37. The quantitative estimate of drug-likeness (QED) is 0.845. The third-order valence-corrected chi connectivity index (χ3v) is 2.88. The number of nitrogens with zero attached hydrogens (tertiary/aromatic N) is 1. The molecule has 1 aromatic carbocycles. The molecule has 0 fully saturated rings. The van der Waals surface area contributed by atoms with E-state index in [9.17, 15) is 0 Å². The van der Waals surface area contributed by atoms with Gasteiger partial charge in [-0.15, -0.1) is 0 Å². The number of aromatic nitrogens is 1. The summed E-state index contributed by atoms with van der Waals surface area (Å²) in [5.74, 6) is 0. The molecular weight excluding hydrogens is 222 g/mol. The van der Waals surface area contributed by atoms with E-state index >= 15 is 0 Å². The van der Waals surface area contributed by atoms with Gasteiger partial charge in [0.05, 0.1) is 0 Å². The summed E-state index contributed by atoms with van der Waals surface area (Å²) < 4.78 is 0. The molecule has 0 aliphatic carbocycles. The molecule has 18 heavy (non-hydrogen) atoms. The number of nitrogens with two attached hydrogens (primary N) is 1. The van der Waals surface area contributed by atoms with Crippen LogP contribution in [-0.4, -0.2) is 17.6 Å². The Morgan fingerprint density at radius 1 is 1.22 bits per heavy atom. The molecule has 2 rings (SSSR count). The van der Waals surface area contributed by atoms with Gasteiger partial charge in [-0.3, -0.25) is 4.98 Å². The van der Waals surface area contributed by atoms with Gasteiger partial charge in [0.2, 0.25) is 0 Å². The normalized spacial score (nSPS) is 12.1. The van der Waals surface area contributed by atoms with Crippen molar-refractivity contribution >= 4 is 5.69 Å². The zero-order valence-electron chi connectivity index (χ0n) is 10.6. The highest BCUT2D eigenvalue weighted by atomic mass is 14.9. The first-order valence-electron chi connectivity index (χ1n) is 6.21. The molecule has 0 spiro atoms. The van der Waals surface area contributed by atoms with Crippen LogP contribution >= 0.6 is 0 Å². The van der Waals surface area contributed by atoms with E-state index < -0.39 is 0 Å². The summed E-state index contributed by atoms with van der Waals surface area (Å²) >= 11 is 0. The number of rotatable bonds is 5. The molecule has 1 heterocycles. The van der Waals surface area contributed by atoms with Crippen LogP contribution in [0.1, 0.15) is 11.3 Å². The van der Waals surface area contributed by atoms with Crippen LogP contribution in [0.5, 0.6) is 0 Å². The second kappa shape index (κ2) is 6.17. The molecule has 3 N–H and O–H groups in total. The van der Waals surface area contributed by atoms with Crippen LogP contribution in [0.2, 0.25) is 0 Å². The SMILES string of the molecule is Cc1cc(NC(CN)Cc2ccccc2)ccn1. The number of pyridine rings is 1. The van der Waals surface area contributed by atoms with Crippen molar-refractivity contribution in [3.63, 3.8) is 0 Å². The largest absolute Gasteiger partial charge is 0.381 e. The minimum atomic E-state index is 0.245. The minimum absolute atomic E-state index is 0.245. The average molecular weight is 241 g/mol. The Kier molecular flexibility index (Phi) is 4.31. The van der Waals surface area contributed by atoms with Gasteiger partial charge >= 0.3 is 0 Å². The van der Waals surface area contributed by atoms with Crippen LogP contribution in [0, 0.1) is 6.92 Å². The zero-order valence-corrected chi connectivity index (χ0v) is 10.6. The van der Waals surface area contributed by atoms with Crippen LogP contribution in [0.15, 0.2) is 48.7 Å². The first kappa shape index (κ1) is 12.6. The van der Waals surface area contributed by atoms with Gasteiger partial charge in [0.1, 0.15) is 0 Å². The Morgan fingerprint density at radius 2 is 2.00 bits per heavy atom. The topological polar surface area (TPSA) is 50.9 Å². The van der Waals surface area contributed by atoms with Gasteiger partial charge < -0.3 is 11.1 Å². The number of hydrogen-bond donors (Lipinski definition) is 2. The molecule has 1 aromatic heterocycles. The molecule has 3 heteroatoms. The van der Waals surface area contributed by atoms with E-state index in [0.717, 1.165) is 17.8 Å². The first-order chi connectivity index (χ1) is 8.78. The molecule has 0 saturated carbocycles. The van der Waals surface area contributed by atoms with Crippen molar-refractivity contribution in [2.45, 2.75) is 19.4 Å². The van der Waals surface area contributed by atoms with E-state index in [0.29, 0.717) is 6.54 Å². The number of anilines is 1. The van der Waals surface area contributed by atoms with Crippen molar-refractivity contribution in [1.29, 1.82) is 0 Å². The Morgan fingerprint density at radius 3 is 2.67 bits per heavy atom. The van der Waals surface area contributed by atoms with Gasteiger partial charge in [0.25, 0.3) is 0 Å². The van der Waals surface area contributed by atoms with Crippen LogP contribution < -0.4 is 11.1 Å².